The van der Waals surface area contributed by atoms with Crippen LogP contribution >= 0.6 is 0 Å². The summed E-state index contributed by atoms with van der Waals surface area (Å²) >= 11 is 0. The molecule has 4 heteroatoms. The Morgan fingerprint density at radius 3 is 2.34 bits per heavy atom. The van der Waals surface area contributed by atoms with Gasteiger partial charge in [0.2, 0.25) is 0 Å². The Balaban J connectivity index is 1.49. The minimum Gasteiger partial charge on any atom is -0.455 e. The standard InChI is InChI=1S/C34H33FO3/c1-4-20(3)26-15-31-28(32(29(36)5-2)33(38-31)22-9-11-25(35)12-10-22)14-27(26)23-7-6-8-24(13-23)30(37)19-34-16-21(17-34)18-34/h6-15,20-21H,4-5,16-19H2,1-3H3. The normalized spacial score (nSPS) is 20.6. The number of ketones is 2. The number of Topliss-reactive ketones (excluding diaryl/α,β-unsaturated/α-hetero) is 2. The van der Waals surface area contributed by atoms with Crippen LogP contribution in [-0.4, -0.2) is 11.6 Å². The fourth-order valence-corrected chi connectivity index (χ4v) is 6.47. The maximum Gasteiger partial charge on any atom is 0.167 e. The van der Waals surface area contributed by atoms with Gasteiger partial charge >= 0.3 is 0 Å². The van der Waals surface area contributed by atoms with Gasteiger partial charge in [0.25, 0.3) is 0 Å². The van der Waals surface area contributed by atoms with Crippen LogP contribution in [0.1, 0.15) is 91.5 Å². The van der Waals surface area contributed by atoms with Crippen molar-refractivity contribution in [3.05, 3.63) is 83.2 Å². The van der Waals surface area contributed by atoms with E-state index in [1.54, 1.807) is 12.1 Å². The molecule has 3 aliphatic carbocycles. The van der Waals surface area contributed by atoms with Gasteiger partial charge in [0.1, 0.15) is 17.2 Å². The summed E-state index contributed by atoms with van der Waals surface area (Å²) < 4.78 is 20.0. The Morgan fingerprint density at radius 1 is 0.974 bits per heavy atom. The third kappa shape index (κ3) is 4.11. The van der Waals surface area contributed by atoms with Gasteiger partial charge in [0.05, 0.1) is 5.56 Å². The van der Waals surface area contributed by atoms with Crippen molar-refractivity contribution in [2.45, 2.75) is 65.2 Å². The molecule has 0 N–H and O–H groups in total. The Bertz CT molecular complexity index is 1540. The van der Waals surface area contributed by atoms with Crippen LogP contribution in [0.4, 0.5) is 4.39 Å². The summed E-state index contributed by atoms with van der Waals surface area (Å²) in [6.07, 6.45) is 5.53. The van der Waals surface area contributed by atoms with Crippen molar-refractivity contribution >= 4 is 22.5 Å². The van der Waals surface area contributed by atoms with Crippen molar-refractivity contribution < 1.29 is 18.4 Å². The van der Waals surface area contributed by atoms with Crippen molar-refractivity contribution in [2.24, 2.45) is 11.3 Å². The molecular formula is C34H33FO3. The predicted octanol–water partition coefficient (Wildman–Crippen LogP) is 9.38. The van der Waals surface area contributed by atoms with Crippen molar-refractivity contribution in [2.75, 3.05) is 0 Å². The Hall–Kier alpha value is -3.53. The lowest BCUT2D eigenvalue weighted by Crippen LogP contribution is -2.52. The highest BCUT2D eigenvalue weighted by molar-refractivity contribution is 6.13. The highest BCUT2D eigenvalue weighted by Crippen LogP contribution is 2.66. The second-order valence-corrected chi connectivity index (χ2v) is 11.5. The van der Waals surface area contributed by atoms with E-state index in [9.17, 15) is 14.0 Å². The first kappa shape index (κ1) is 24.8. The van der Waals surface area contributed by atoms with Gasteiger partial charge in [-0.3, -0.25) is 9.59 Å². The van der Waals surface area contributed by atoms with E-state index in [2.05, 4.69) is 26.0 Å². The molecule has 0 amide bonds. The highest BCUT2D eigenvalue weighted by Gasteiger charge is 2.56. The van der Waals surface area contributed by atoms with Gasteiger partial charge in [-0.05, 0) is 102 Å². The summed E-state index contributed by atoms with van der Waals surface area (Å²) in [5.41, 5.74) is 5.99. The Kier molecular flexibility index (Phi) is 6.09. The molecule has 1 aromatic heterocycles. The first-order valence-corrected chi connectivity index (χ1v) is 13.8. The van der Waals surface area contributed by atoms with E-state index in [1.165, 1.54) is 31.4 Å². The fraction of sp³-hybridized carbons (Fsp3) is 0.353. The number of hydrogen-bond donors (Lipinski definition) is 0. The molecular weight excluding hydrogens is 475 g/mol. The fourth-order valence-electron chi connectivity index (χ4n) is 6.47. The lowest BCUT2D eigenvalue weighted by molar-refractivity contribution is -0.103. The molecule has 3 fully saturated rings. The van der Waals surface area contributed by atoms with Crippen LogP contribution in [0.15, 0.2) is 65.1 Å². The largest absolute Gasteiger partial charge is 0.455 e. The SMILES string of the molecule is CCC(=O)c1c(-c2ccc(F)cc2)oc2cc(C(C)CC)c(-c3cccc(C(=O)CC45CC(C4)C5)c3)cc12. The molecule has 1 atom stereocenters. The van der Waals surface area contributed by atoms with Gasteiger partial charge in [0.15, 0.2) is 11.6 Å². The molecule has 3 nitrogen and oxygen atoms in total. The lowest BCUT2D eigenvalue weighted by atomic mass is 9.43. The maximum absolute atomic E-state index is 13.6. The van der Waals surface area contributed by atoms with Crippen LogP contribution in [0.5, 0.6) is 0 Å². The van der Waals surface area contributed by atoms with Crippen molar-refractivity contribution in [3.8, 4) is 22.5 Å². The monoisotopic (exact) mass is 508 g/mol. The first-order valence-electron chi connectivity index (χ1n) is 13.8. The van der Waals surface area contributed by atoms with Gasteiger partial charge in [-0.1, -0.05) is 39.0 Å². The second kappa shape index (κ2) is 9.34. The molecule has 3 saturated carbocycles. The number of carbonyl (C=O) groups excluding carboxylic acids is 2. The van der Waals surface area contributed by atoms with E-state index in [0.717, 1.165) is 40.0 Å². The minimum atomic E-state index is -0.335. The molecule has 0 aliphatic heterocycles. The molecule has 0 spiro atoms. The number of furan rings is 1. The molecule has 1 unspecified atom stereocenters. The number of fused-ring (bicyclic) bond motifs is 1. The van der Waals surface area contributed by atoms with Crippen LogP contribution in [0.25, 0.3) is 33.4 Å². The highest BCUT2D eigenvalue weighted by atomic mass is 19.1. The van der Waals surface area contributed by atoms with E-state index in [4.69, 9.17) is 4.42 Å². The summed E-state index contributed by atoms with van der Waals surface area (Å²) in [7, 11) is 0. The van der Waals surface area contributed by atoms with Crippen LogP contribution in [-0.2, 0) is 0 Å². The quantitative estimate of drug-likeness (QED) is 0.212. The molecule has 38 heavy (non-hydrogen) atoms. The summed E-state index contributed by atoms with van der Waals surface area (Å²) in [6, 6.07) is 18.1. The molecule has 2 bridgehead atoms. The van der Waals surface area contributed by atoms with Crippen LogP contribution < -0.4 is 0 Å². The molecule has 0 saturated heterocycles. The van der Waals surface area contributed by atoms with E-state index in [1.807, 2.05) is 31.2 Å². The Morgan fingerprint density at radius 2 is 1.71 bits per heavy atom. The van der Waals surface area contributed by atoms with E-state index in [0.29, 0.717) is 35.3 Å². The van der Waals surface area contributed by atoms with Gasteiger partial charge in [-0.2, -0.15) is 0 Å². The summed E-state index contributed by atoms with van der Waals surface area (Å²) in [5, 5.41) is 0.754. The van der Waals surface area contributed by atoms with Crippen LogP contribution in [0.2, 0.25) is 0 Å². The average molecular weight is 509 g/mol. The number of carbonyl (C=O) groups is 2. The average Bonchev–Trinajstić information content (AvgIpc) is 3.27. The van der Waals surface area contributed by atoms with Crippen LogP contribution in [0, 0.1) is 17.2 Å². The summed E-state index contributed by atoms with van der Waals surface area (Å²) in [6.45, 7) is 6.18. The van der Waals surface area contributed by atoms with E-state index >= 15 is 0 Å². The molecule has 3 aromatic carbocycles. The van der Waals surface area contributed by atoms with Crippen molar-refractivity contribution in [1.29, 1.82) is 0 Å². The van der Waals surface area contributed by atoms with Crippen molar-refractivity contribution in [3.63, 3.8) is 0 Å². The molecule has 4 aromatic rings. The minimum absolute atomic E-state index is 0.0206. The van der Waals surface area contributed by atoms with Gasteiger partial charge in [0, 0.05) is 29.4 Å². The van der Waals surface area contributed by atoms with Gasteiger partial charge < -0.3 is 4.42 Å². The number of benzene rings is 3. The lowest BCUT2D eigenvalue weighted by Gasteiger charge is -2.62. The van der Waals surface area contributed by atoms with Crippen molar-refractivity contribution in [1.82, 2.24) is 0 Å². The maximum atomic E-state index is 13.6. The summed E-state index contributed by atoms with van der Waals surface area (Å²) in [4.78, 5) is 26.4. The topological polar surface area (TPSA) is 47.3 Å². The molecule has 3 aliphatic rings. The zero-order chi connectivity index (χ0) is 26.6. The smallest absolute Gasteiger partial charge is 0.167 e. The van der Waals surface area contributed by atoms with Gasteiger partial charge in [-0.15, -0.1) is 0 Å². The molecule has 7 rings (SSSR count). The van der Waals surface area contributed by atoms with Crippen LogP contribution in [0.3, 0.4) is 0 Å². The molecule has 1 heterocycles. The molecule has 0 radical (unpaired) electrons. The zero-order valence-corrected chi connectivity index (χ0v) is 22.3. The zero-order valence-electron chi connectivity index (χ0n) is 22.3. The third-order valence-electron chi connectivity index (χ3n) is 8.91. The predicted molar refractivity (Wildman–Crippen MR) is 149 cm³/mol. The third-order valence-corrected chi connectivity index (χ3v) is 8.91. The Labute approximate surface area is 223 Å². The van der Waals surface area contributed by atoms with E-state index < -0.39 is 0 Å². The second-order valence-electron chi connectivity index (χ2n) is 11.5. The van der Waals surface area contributed by atoms with E-state index in [-0.39, 0.29) is 28.7 Å². The number of rotatable bonds is 9. The summed E-state index contributed by atoms with van der Waals surface area (Å²) in [5.74, 6) is 1.44. The first-order chi connectivity index (χ1) is 18.3. The molecule has 194 valence electrons. The van der Waals surface area contributed by atoms with Gasteiger partial charge in [-0.25, -0.2) is 4.39 Å². The number of halogens is 1. The number of hydrogen-bond acceptors (Lipinski definition) is 3.